The fourth-order valence-electron chi connectivity index (χ4n) is 2.62. The van der Waals surface area contributed by atoms with Crippen LogP contribution in [0.3, 0.4) is 0 Å². The molecule has 6 heteroatoms. The normalized spacial score (nSPS) is 10.8. The molecule has 0 radical (unpaired) electrons. The number of benzene rings is 2. The van der Waals surface area contributed by atoms with Crippen molar-refractivity contribution < 1.29 is 9.59 Å². The molecule has 0 fully saturated rings. The third kappa shape index (κ3) is 5.35. The first-order chi connectivity index (χ1) is 12.3. The van der Waals surface area contributed by atoms with E-state index in [2.05, 4.69) is 10.6 Å². The maximum atomic E-state index is 12.1. The summed E-state index contributed by atoms with van der Waals surface area (Å²) in [6.07, 6.45) is 2.81. The van der Waals surface area contributed by atoms with Crippen LogP contribution < -0.4 is 10.6 Å². The predicted octanol–water partition coefficient (Wildman–Crippen LogP) is 4.69. The highest BCUT2D eigenvalue weighted by Gasteiger charge is 2.09. The maximum Gasteiger partial charge on any atom is 0.244 e. The van der Waals surface area contributed by atoms with E-state index in [0.29, 0.717) is 15.6 Å². The summed E-state index contributed by atoms with van der Waals surface area (Å²) in [5.74, 6) is -0.703. The third-order valence-corrected chi connectivity index (χ3v) is 4.42. The summed E-state index contributed by atoms with van der Waals surface area (Å²) in [6.45, 7) is 5.74. The number of halogens is 2. The van der Waals surface area contributed by atoms with Crippen LogP contribution in [-0.2, 0) is 9.59 Å². The number of rotatable bonds is 5. The van der Waals surface area contributed by atoms with E-state index in [4.69, 9.17) is 23.2 Å². The highest BCUT2D eigenvalue weighted by molar-refractivity contribution is 6.37. The van der Waals surface area contributed by atoms with Crippen molar-refractivity contribution >= 4 is 46.8 Å². The van der Waals surface area contributed by atoms with Gasteiger partial charge in [-0.3, -0.25) is 9.59 Å². The maximum absolute atomic E-state index is 12.1. The monoisotopic (exact) mass is 390 g/mol. The number of anilines is 1. The van der Waals surface area contributed by atoms with Crippen LogP contribution in [0.4, 0.5) is 5.69 Å². The fraction of sp³-hybridized carbons (Fsp3) is 0.200. The molecule has 2 amide bonds. The topological polar surface area (TPSA) is 58.2 Å². The van der Waals surface area contributed by atoms with E-state index in [1.165, 1.54) is 12.2 Å². The second-order valence-corrected chi connectivity index (χ2v) is 6.82. The van der Waals surface area contributed by atoms with Crippen molar-refractivity contribution in [2.24, 2.45) is 0 Å². The minimum Gasteiger partial charge on any atom is -0.343 e. The summed E-state index contributed by atoms with van der Waals surface area (Å²) in [5.41, 5.74) is 4.43. The molecule has 2 rings (SSSR count). The zero-order valence-corrected chi connectivity index (χ0v) is 16.3. The lowest BCUT2D eigenvalue weighted by Crippen LogP contribution is -2.32. The van der Waals surface area contributed by atoms with Crippen LogP contribution in [0.2, 0.25) is 10.0 Å². The third-order valence-electron chi connectivity index (χ3n) is 3.77. The van der Waals surface area contributed by atoms with Crippen molar-refractivity contribution in [3.63, 3.8) is 0 Å². The van der Waals surface area contributed by atoms with Crippen LogP contribution in [-0.4, -0.2) is 18.4 Å². The Morgan fingerprint density at radius 2 is 1.62 bits per heavy atom. The summed E-state index contributed by atoms with van der Waals surface area (Å²) in [6, 6.07) is 9.09. The number of carbonyl (C=O) groups excluding carboxylic acids is 2. The molecule has 0 aliphatic heterocycles. The van der Waals surface area contributed by atoms with Crippen LogP contribution in [0.5, 0.6) is 0 Å². The first-order valence-electron chi connectivity index (χ1n) is 8.05. The van der Waals surface area contributed by atoms with Gasteiger partial charge in [0.2, 0.25) is 11.8 Å². The van der Waals surface area contributed by atoms with E-state index in [9.17, 15) is 9.59 Å². The van der Waals surface area contributed by atoms with Crippen molar-refractivity contribution in [1.29, 1.82) is 0 Å². The van der Waals surface area contributed by atoms with E-state index in [-0.39, 0.29) is 12.5 Å². The molecule has 2 N–H and O–H groups in total. The van der Waals surface area contributed by atoms with E-state index in [0.717, 1.165) is 22.4 Å². The molecule has 136 valence electrons. The molecule has 2 aromatic carbocycles. The fourth-order valence-corrected chi connectivity index (χ4v) is 3.14. The molecule has 0 heterocycles. The molecule has 0 bridgehead atoms. The van der Waals surface area contributed by atoms with Gasteiger partial charge in [-0.1, -0.05) is 47.0 Å². The second-order valence-electron chi connectivity index (χ2n) is 6.01. The lowest BCUT2D eigenvalue weighted by atomic mass is 10.1. The van der Waals surface area contributed by atoms with Crippen molar-refractivity contribution in [2.75, 3.05) is 11.9 Å². The highest BCUT2D eigenvalue weighted by Crippen LogP contribution is 2.25. The van der Waals surface area contributed by atoms with Gasteiger partial charge in [-0.2, -0.15) is 0 Å². The zero-order chi connectivity index (χ0) is 19.3. The van der Waals surface area contributed by atoms with E-state index in [1.807, 2.05) is 32.9 Å². The number of nitrogens with one attached hydrogen (secondary N) is 2. The zero-order valence-electron chi connectivity index (χ0n) is 14.8. The molecule has 0 atom stereocenters. The number of amides is 2. The first-order valence-corrected chi connectivity index (χ1v) is 8.81. The van der Waals surface area contributed by atoms with Crippen LogP contribution in [0, 0.1) is 20.8 Å². The molecule has 2 aromatic rings. The second kappa shape index (κ2) is 8.88. The van der Waals surface area contributed by atoms with Crippen LogP contribution in [0.25, 0.3) is 6.08 Å². The van der Waals surface area contributed by atoms with Gasteiger partial charge in [-0.05, 0) is 50.1 Å². The number of hydrogen-bond donors (Lipinski definition) is 2. The van der Waals surface area contributed by atoms with E-state index in [1.54, 1.807) is 18.2 Å². The molecule has 4 nitrogen and oxygen atoms in total. The summed E-state index contributed by atoms with van der Waals surface area (Å²) in [7, 11) is 0. The van der Waals surface area contributed by atoms with Gasteiger partial charge < -0.3 is 10.6 Å². The lowest BCUT2D eigenvalue weighted by Gasteiger charge is -2.13. The molecule has 26 heavy (non-hydrogen) atoms. The Kier molecular flexibility index (Phi) is 6.83. The van der Waals surface area contributed by atoms with Crippen LogP contribution >= 0.6 is 23.2 Å². The quantitative estimate of drug-likeness (QED) is 0.727. The Hall–Kier alpha value is -2.30. The lowest BCUT2D eigenvalue weighted by molar-refractivity contribution is -0.121. The smallest absolute Gasteiger partial charge is 0.244 e. The molecular weight excluding hydrogens is 371 g/mol. The van der Waals surface area contributed by atoms with Gasteiger partial charge in [-0.25, -0.2) is 0 Å². The Morgan fingerprint density at radius 3 is 2.19 bits per heavy atom. The molecule has 0 saturated heterocycles. The predicted molar refractivity (Wildman–Crippen MR) is 108 cm³/mol. The summed E-state index contributed by atoms with van der Waals surface area (Å²) < 4.78 is 0. The molecule has 0 spiro atoms. The van der Waals surface area contributed by atoms with Gasteiger partial charge in [-0.15, -0.1) is 0 Å². The molecule has 0 aliphatic rings. The van der Waals surface area contributed by atoms with Crippen molar-refractivity contribution in [3.05, 3.63) is 68.7 Å². The number of hydrogen-bond acceptors (Lipinski definition) is 2. The standard InChI is InChI=1S/C20H20Cl2N2O2/c1-12-9-13(2)20(14(3)10-12)24-19(26)11-23-18(25)8-7-15-16(21)5-4-6-17(15)22/h4-10H,11H2,1-3H3,(H,23,25)(H,24,26)/b8-7+. The van der Waals surface area contributed by atoms with Gasteiger partial charge in [0.1, 0.15) is 0 Å². The summed E-state index contributed by atoms with van der Waals surface area (Å²) in [4.78, 5) is 24.0. The average Bonchev–Trinajstić information content (AvgIpc) is 2.55. The average molecular weight is 391 g/mol. The summed E-state index contributed by atoms with van der Waals surface area (Å²) in [5, 5.41) is 6.27. The van der Waals surface area contributed by atoms with Crippen molar-refractivity contribution in [3.8, 4) is 0 Å². The van der Waals surface area contributed by atoms with E-state index < -0.39 is 5.91 Å². The van der Waals surface area contributed by atoms with Crippen LogP contribution in [0.15, 0.2) is 36.4 Å². The minimum absolute atomic E-state index is 0.133. The number of carbonyl (C=O) groups is 2. The van der Waals surface area contributed by atoms with Gasteiger partial charge in [0.25, 0.3) is 0 Å². The van der Waals surface area contributed by atoms with Crippen molar-refractivity contribution in [1.82, 2.24) is 5.32 Å². The summed E-state index contributed by atoms with van der Waals surface area (Å²) >= 11 is 12.1. The SMILES string of the molecule is Cc1cc(C)c(NC(=O)CNC(=O)/C=C/c2c(Cl)cccc2Cl)c(C)c1. The highest BCUT2D eigenvalue weighted by atomic mass is 35.5. The van der Waals surface area contributed by atoms with Crippen molar-refractivity contribution in [2.45, 2.75) is 20.8 Å². The molecule has 0 saturated carbocycles. The Bertz CT molecular complexity index is 833. The van der Waals surface area contributed by atoms with Gasteiger partial charge in [0.15, 0.2) is 0 Å². The van der Waals surface area contributed by atoms with E-state index >= 15 is 0 Å². The Balaban J connectivity index is 1.93. The molecule has 0 aliphatic carbocycles. The van der Waals surface area contributed by atoms with Gasteiger partial charge >= 0.3 is 0 Å². The molecule has 0 aromatic heterocycles. The molecular formula is C20H20Cl2N2O2. The number of aryl methyl sites for hydroxylation is 3. The Morgan fingerprint density at radius 1 is 1.04 bits per heavy atom. The van der Waals surface area contributed by atoms with Gasteiger partial charge in [0.05, 0.1) is 6.54 Å². The first kappa shape index (κ1) is 20.0. The minimum atomic E-state index is -0.409. The Labute approximate surface area is 163 Å². The largest absolute Gasteiger partial charge is 0.343 e. The van der Waals surface area contributed by atoms with Crippen LogP contribution in [0.1, 0.15) is 22.3 Å². The molecule has 0 unspecified atom stereocenters. The van der Waals surface area contributed by atoms with Gasteiger partial charge in [0, 0.05) is 27.4 Å².